The molecule has 0 saturated carbocycles. The van der Waals surface area contributed by atoms with E-state index in [1.165, 1.54) is 0 Å². The Morgan fingerprint density at radius 1 is 1.64 bits per heavy atom. The van der Waals surface area contributed by atoms with E-state index in [9.17, 15) is 0 Å². The van der Waals surface area contributed by atoms with E-state index in [0.717, 1.165) is 0 Å². The molecule has 0 heterocycles. The molecule has 0 aromatic heterocycles. The number of nitrogens with one attached hydrogen (secondary N) is 2. The molecule has 0 spiro atoms. The number of thiocarbonyl (C=S) groups is 1. The van der Waals surface area contributed by atoms with Crippen LogP contribution in [0.4, 0.5) is 0 Å². The van der Waals surface area contributed by atoms with Crippen LogP contribution in [0.2, 0.25) is 0 Å². The predicted molar refractivity (Wildman–Crippen MR) is 47.3 cm³/mol. The second-order valence-electron chi connectivity index (χ2n) is 2.25. The summed E-state index contributed by atoms with van der Waals surface area (Å²) in [5.74, 6) is 0. The van der Waals surface area contributed by atoms with Gasteiger partial charge in [-0.1, -0.05) is 0 Å². The molecule has 0 aromatic carbocycles. The third-order valence-electron chi connectivity index (χ3n) is 1.32. The van der Waals surface area contributed by atoms with Gasteiger partial charge in [-0.25, -0.2) is 0 Å². The van der Waals surface area contributed by atoms with Crippen LogP contribution >= 0.6 is 12.2 Å². The molecule has 2 unspecified atom stereocenters. The maximum absolute atomic E-state index is 9.05. The van der Waals surface area contributed by atoms with Gasteiger partial charge in [-0.3, -0.25) is 0 Å². The van der Waals surface area contributed by atoms with Crippen molar-refractivity contribution in [1.29, 1.82) is 0 Å². The molecule has 5 heteroatoms. The average Bonchev–Trinajstić information content (AvgIpc) is 1.99. The standard InChI is InChI=1S/C6H14N2O2S/c1-4(10)5(3-9)8-6(11)7-2/h4-5,9-10H,3H2,1-2H3,(H2,7,8,11). The molecule has 0 aliphatic rings. The van der Waals surface area contributed by atoms with Crippen molar-refractivity contribution < 1.29 is 10.2 Å². The van der Waals surface area contributed by atoms with Crippen molar-refractivity contribution in [1.82, 2.24) is 10.6 Å². The molecule has 0 aliphatic carbocycles. The van der Waals surface area contributed by atoms with E-state index in [-0.39, 0.29) is 6.61 Å². The van der Waals surface area contributed by atoms with Gasteiger partial charge < -0.3 is 20.8 Å². The smallest absolute Gasteiger partial charge is 0.166 e. The van der Waals surface area contributed by atoms with Crippen LogP contribution in [0.5, 0.6) is 0 Å². The van der Waals surface area contributed by atoms with E-state index in [4.69, 9.17) is 22.4 Å². The SMILES string of the molecule is CNC(=S)NC(CO)C(C)O. The molecule has 0 aliphatic heterocycles. The summed E-state index contributed by atoms with van der Waals surface area (Å²) in [6.07, 6.45) is -0.619. The first-order valence-electron chi connectivity index (χ1n) is 3.39. The summed E-state index contributed by atoms with van der Waals surface area (Å²) >= 11 is 4.77. The van der Waals surface area contributed by atoms with Crippen molar-refractivity contribution in [3.63, 3.8) is 0 Å². The quantitative estimate of drug-likeness (QED) is 0.410. The van der Waals surface area contributed by atoms with E-state index < -0.39 is 12.1 Å². The minimum Gasteiger partial charge on any atom is -0.394 e. The summed E-state index contributed by atoms with van der Waals surface area (Å²) in [6, 6.07) is -0.394. The summed E-state index contributed by atoms with van der Waals surface area (Å²) in [6.45, 7) is 1.45. The molecular weight excluding hydrogens is 164 g/mol. The molecule has 2 atom stereocenters. The largest absolute Gasteiger partial charge is 0.394 e. The number of aliphatic hydroxyl groups excluding tert-OH is 2. The van der Waals surface area contributed by atoms with Crippen molar-refractivity contribution in [3.05, 3.63) is 0 Å². The average molecular weight is 178 g/mol. The van der Waals surface area contributed by atoms with Gasteiger partial charge in [0.05, 0.1) is 18.8 Å². The summed E-state index contributed by atoms with van der Waals surface area (Å²) in [5, 5.41) is 23.6. The zero-order valence-corrected chi connectivity index (χ0v) is 7.48. The van der Waals surface area contributed by atoms with Gasteiger partial charge in [0.1, 0.15) is 0 Å². The van der Waals surface area contributed by atoms with Crippen molar-refractivity contribution in [2.75, 3.05) is 13.7 Å². The van der Waals surface area contributed by atoms with Crippen LogP contribution in [0.3, 0.4) is 0 Å². The number of hydrogen-bond donors (Lipinski definition) is 4. The van der Waals surface area contributed by atoms with Crippen molar-refractivity contribution in [3.8, 4) is 0 Å². The van der Waals surface area contributed by atoms with Crippen molar-refractivity contribution >= 4 is 17.3 Å². The fraction of sp³-hybridized carbons (Fsp3) is 0.833. The van der Waals surface area contributed by atoms with Gasteiger partial charge in [-0.15, -0.1) is 0 Å². The zero-order chi connectivity index (χ0) is 8.85. The highest BCUT2D eigenvalue weighted by Crippen LogP contribution is 1.90. The van der Waals surface area contributed by atoms with E-state index in [1.54, 1.807) is 14.0 Å². The highest BCUT2D eigenvalue weighted by molar-refractivity contribution is 7.80. The minimum atomic E-state index is -0.619. The minimum absolute atomic E-state index is 0.139. The maximum atomic E-state index is 9.05. The van der Waals surface area contributed by atoms with Gasteiger partial charge >= 0.3 is 0 Å². The summed E-state index contributed by atoms with van der Waals surface area (Å²) in [7, 11) is 1.67. The first-order chi connectivity index (χ1) is 5.11. The summed E-state index contributed by atoms with van der Waals surface area (Å²) in [4.78, 5) is 0. The first-order valence-corrected chi connectivity index (χ1v) is 3.79. The Morgan fingerprint density at radius 3 is 2.45 bits per heavy atom. The molecule has 0 radical (unpaired) electrons. The second kappa shape index (κ2) is 5.29. The Balaban J connectivity index is 3.78. The number of hydrogen-bond acceptors (Lipinski definition) is 3. The molecule has 0 bridgehead atoms. The molecule has 4 N–H and O–H groups in total. The molecule has 0 saturated heterocycles. The van der Waals surface area contributed by atoms with Crippen LogP contribution in [0.15, 0.2) is 0 Å². The van der Waals surface area contributed by atoms with Crippen LogP contribution in [-0.2, 0) is 0 Å². The Hall–Kier alpha value is -0.390. The van der Waals surface area contributed by atoms with E-state index in [0.29, 0.717) is 5.11 Å². The highest BCUT2D eigenvalue weighted by Gasteiger charge is 2.13. The molecule has 0 amide bonds. The molecule has 4 nitrogen and oxygen atoms in total. The lowest BCUT2D eigenvalue weighted by atomic mass is 10.2. The van der Waals surface area contributed by atoms with E-state index >= 15 is 0 Å². The Labute approximate surface area is 71.6 Å². The third-order valence-corrected chi connectivity index (χ3v) is 1.64. The van der Waals surface area contributed by atoms with Crippen LogP contribution in [0.25, 0.3) is 0 Å². The zero-order valence-electron chi connectivity index (χ0n) is 6.66. The lowest BCUT2D eigenvalue weighted by Crippen LogP contribution is -2.47. The molecule has 11 heavy (non-hydrogen) atoms. The molecular formula is C6H14N2O2S. The van der Waals surface area contributed by atoms with Gasteiger partial charge in [0.2, 0.25) is 0 Å². The second-order valence-corrected chi connectivity index (χ2v) is 2.66. The van der Waals surface area contributed by atoms with Gasteiger partial charge in [0.15, 0.2) is 5.11 Å². The van der Waals surface area contributed by atoms with Crippen molar-refractivity contribution in [2.24, 2.45) is 0 Å². The van der Waals surface area contributed by atoms with Crippen LogP contribution in [0, 0.1) is 0 Å². The summed E-state index contributed by atoms with van der Waals surface area (Å²) < 4.78 is 0. The van der Waals surface area contributed by atoms with Crippen molar-refractivity contribution in [2.45, 2.75) is 19.1 Å². The lowest BCUT2D eigenvalue weighted by molar-refractivity contribution is 0.114. The summed E-state index contributed by atoms with van der Waals surface area (Å²) in [5.41, 5.74) is 0. The normalized spacial score (nSPS) is 15.3. The van der Waals surface area contributed by atoms with Gasteiger partial charge in [-0.05, 0) is 19.1 Å². The number of rotatable bonds is 3. The van der Waals surface area contributed by atoms with Crippen LogP contribution in [0.1, 0.15) is 6.92 Å². The highest BCUT2D eigenvalue weighted by atomic mass is 32.1. The van der Waals surface area contributed by atoms with E-state index in [1.807, 2.05) is 0 Å². The van der Waals surface area contributed by atoms with Gasteiger partial charge in [-0.2, -0.15) is 0 Å². The van der Waals surface area contributed by atoms with Gasteiger partial charge in [0.25, 0.3) is 0 Å². The Morgan fingerprint density at radius 2 is 2.18 bits per heavy atom. The van der Waals surface area contributed by atoms with Gasteiger partial charge in [0, 0.05) is 7.05 Å². The third kappa shape index (κ3) is 4.13. The molecule has 0 fully saturated rings. The predicted octanol–water partition coefficient (Wildman–Crippen LogP) is -1.18. The van der Waals surface area contributed by atoms with Crippen LogP contribution in [-0.4, -0.2) is 41.1 Å². The fourth-order valence-electron chi connectivity index (χ4n) is 0.559. The Bertz CT molecular complexity index is 130. The fourth-order valence-corrected chi connectivity index (χ4v) is 0.711. The molecule has 0 aromatic rings. The monoisotopic (exact) mass is 178 g/mol. The maximum Gasteiger partial charge on any atom is 0.166 e. The molecule has 66 valence electrons. The van der Waals surface area contributed by atoms with Crippen LogP contribution < -0.4 is 10.6 Å². The lowest BCUT2D eigenvalue weighted by Gasteiger charge is -2.19. The Kier molecular flexibility index (Phi) is 5.10. The molecule has 0 rings (SSSR count). The number of aliphatic hydroxyl groups is 2. The topological polar surface area (TPSA) is 64.5 Å². The first kappa shape index (κ1) is 10.6. The van der Waals surface area contributed by atoms with E-state index in [2.05, 4.69) is 10.6 Å².